The van der Waals surface area contributed by atoms with Gasteiger partial charge in [-0.05, 0) is 26.7 Å². The summed E-state index contributed by atoms with van der Waals surface area (Å²) < 4.78 is 0. The summed E-state index contributed by atoms with van der Waals surface area (Å²) in [4.78, 5) is 0. The van der Waals surface area contributed by atoms with Gasteiger partial charge in [0.25, 0.3) is 0 Å². The molecule has 0 bridgehead atoms. The van der Waals surface area contributed by atoms with Gasteiger partial charge in [0.05, 0.1) is 18.2 Å². The van der Waals surface area contributed by atoms with Crippen molar-refractivity contribution in [2.24, 2.45) is 17.8 Å². The van der Waals surface area contributed by atoms with Crippen LogP contribution in [0, 0.1) is 51.7 Å². The normalized spacial score (nSPS) is 15.9. The summed E-state index contributed by atoms with van der Waals surface area (Å²) in [5, 5.41) is 25.8. The van der Waals surface area contributed by atoms with Crippen molar-refractivity contribution >= 4 is 0 Å². The molecule has 3 atom stereocenters. The van der Waals surface area contributed by atoms with E-state index in [9.17, 15) is 0 Å². The SMILES string of the molecule is C[C@H](C#N)CC(C#N)C[C@@H](C)C#N. The Kier molecular flexibility index (Phi) is 5.33. The van der Waals surface area contributed by atoms with Crippen LogP contribution < -0.4 is 0 Å². The third-order valence-electron chi connectivity index (χ3n) is 1.90. The molecular weight excluding hydrogens is 162 g/mol. The van der Waals surface area contributed by atoms with E-state index >= 15 is 0 Å². The van der Waals surface area contributed by atoms with E-state index in [1.54, 1.807) is 13.8 Å². The first-order chi connectivity index (χ1) is 6.13. The van der Waals surface area contributed by atoms with Crippen LogP contribution in [-0.2, 0) is 0 Å². The van der Waals surface area contributed by atoms with Gasteiger partial charge >= 0.3 is 0 Å². The van der Waals surface area contributed by atoms with Gasteiger partial charge in [0.1, 0.15) is 0 Å². The largest absolute Gasteiger partial charge is 0.198 e. The van der Waals surface area contributed by atoms with Gasteiger partial charge < -0.3 is 0 Å². The molecule has 0 heterocycles. The van der Waals surface area contributed by atoms with Crippen molar-refractivity contribution < 1.29 is 0 Å². The number of rotatable bonds is 4. The fraction of sp³-hybridized carbons (Fsp3) is 0.700. The maximum atomic E-state index is 8.75. The van der Waals surface area contributed by atoms with E-state index in [1.807, 2.05) is 0 Å². The topological polar surface area (TPSA) is 71.4 Å². The van der Waals surface area contributed by atoms with Crippen molar-refractivity contribution in [1.82, 2.24) is 0 Å². The van der Waals surface area contributed by atoms with Crippen LogP contribution in [0.25, 0.3) is 0 Å². The van der Waals surface area contributed by atoms with Crippen LogP contribution in [0.5, 0.6) is 0 Å². The first-order valence-corrected chi connectivity index (χ1v) is 4.32. The van der Waals surface area contributed by atoms with E-state index in [4.69, 9.17) is 15.8 Å². The summed E-state index contributed by atoms with van der Waals surface area (Å²) in [7, 11) is 0. The Morgan fingerprint density at radius 2 is 1.23 bits per heavy atom. The van der Waals surface area contributed by atoms with Crippen LogP contribution in [0.1, 0.15) is 26.7 Å². The molecule has 0 N–H and O–H groups in total. The second-order valence-corrected chi connectivity index (χ2v) is 3.36. The smallest absolute Gasteiger partial charge is 0.0656 e. The van der Waals surface area contributed by atoms with E-state index in [0.717, 1.165) is 0 Å². The molecule has 0 aromatic rings. The average molecular weight is 175 g/mol. The van der Waals surface area contributed by atoms with Crippen LogP contribution in [0.2, 0.25) is 0 Å². The Bertz CT molecular complexity index is 241. The Labute approximate surface area is 79.2 Å². The van der Waals surface area contributed by atoms with Crippen LogP contribution in [-0.4, -0.2) is 0 Å². The molecule has 1 unspecified atom stereocenters. The van der Waals surface area contributed by atoms with E-state index in [1.165, 1.54) is 0 Å². The van der Waals surface area contributed by atoms with Gasteiger partial charge in [0, 0.05) is 17.8 Å². The zero-order valence-electron chi connectivity index (χ0n) is 7.99. The van der Waals surface area contributed by atoms with Crippen LogP contribution in [0.3, 0.4) is 0 Å². The number of nitriles is 3. The summed E-state index contributed by atoms with van der Waals surface area (Å²) in [6.07, 6.45) is 1.14. The first kappa shape index (κ1) is 11.5. The number of nitrogens with zero attached hydrogens (tertiary/aromatic N) is 3. The van der Waals surface area contributed by atoms with Gasteiger partial charge in [-0.2, -0.15) is 15.8 Å². The highest BCUT2D eigenvalue weighted by atomic mass is 14.3. The highest BCUT2D eigenvalue weighted by Gasteiger charge is 2.15. The second-order valence-electron chi connectivity index (χ2n) is 3.36. The summed E-state index contributed by atoms with van der Waals surface area (Å²) in [5.41, 5.74) is 0. The molecular formula is C10H13N3. The minimum atomic E-state index is -0.163. The monoisotopic (exact) mass is 175 g/mol. The maximum Gasteiger partial charge on any atom is 0.0656 e. The molecule has 0 saturated carbocycles. The maximum absolute atomic E-state index is 8.75. The van der Waals surface area contributed by atoms with Crippen molar-refractivity contribution in [2.75, 3.05) is 0 Å². The standard InChI is InChI=1S/C10H13N3/c1-8(5-11)3-10(7-13)4-9(2)6-12/h8-10H,3-4H2,1-2H3/t8-,9+,10?. The zero-order valence-corrected chi connectivity index (χ0v) is 7.99. The van der Waals surface area contributed by atoms with Crippen molar-refractivity contribution in [1.29, 1.82) is 15.8 Å². The molecule has 0 radical (unpaired) electrons. The van der Waals surface area contributed by atoms with Crippen molar-refractivity contribution in [3.63, 3.8) is 0 Å². The lowest BCUT2D eigenvalue weighted by molar-refractivity contribution is 0.454. The predicted molar refractivity (Wildman–Crippen MR) is 47.9 cm³/mol. The predicted octanol–water partition coefficient (Wildman–Crippen LogP) is 2.23. The fourth-order valence-corrected chi connectivity index (χ4v) is 1.16. The van der Waals surface area contributed by atoms with Gasteiger partial charge in [-0.3, -0.25) is 0 Å². The fourth-order valence-electron chi connectivity index (χ4n) is 1.16. The van der Waals surface area contributed by atoms with Gasteiger partial charge in [-0.25, -0.2) is 0 Å². The summed E-state index contributed by atoms with van der Waals surface area (Å²) in [6.45, 7) is 3.59. The highest BCUT2D eigenvalue weighted by molar-refractivity contribution is 4.93. The van der Waals surface area contributed by atoms with Gasteiger partial charge in [-0.15, -0.1) is 0 Å². The molecule has 0 aromatic heterocycles. The van der Waals surface area contributed by atoms with Crippen molar-refractivity contribution in [3.8, 4) is 18.2 Å². The Hall–Kier alpha value is -1.53. The van der Waals surface area contributed by atoms with E-state index in [0.29, 0.717) is 12.8 Å². The molecule has 0 aliphatic heterocycles. The van der Waals surface area contributed by atoms with Crippen molar-refractivity contribution in [2.45, 2.75) is 26.7 Å². The quantitative estimate of drug-likeness (QED) is 0.657. The highest BCUT2D eigenvalue weighted by Crippen LogP contribution is 2.18. The van der Waals surface area contributed by atoms with Crippen LogP contribution >= 0.6 is 0 Å². The molecule has 0 spiro atoms. The van der Waals surface area contributed by atoms with Gasteiger partial charge in [0.2, 0.25) is 0 Å². The first-order valence-electron chi connectivity index (χ1n) is 4.32. The Balaban J connectivity index is 4.02. The number of hydrogen-bond acceptors (Lipinski definition) is 3. The minimum Gasteiger partial charge on any atom is -0.198 e. The lowest BCUT2D eigenvalue weighted by Gasteiger charge is -2.10. The molecule has 0 aliphatic rings. The lowest BCUT2D eigenvalue weighted by atomic mass is 9.90. The molecule has 0 rings (SSSR count). The van der Waals surface area contributed by atoms with E-state index in [-0.39, 0.29) is 17.8 Å². The van der Waals surface area contributed by atoms with E-state index < -0.39 is 0 Å². The molecule has 3 nitrogen and oxygen atoms in total. The molecule has 0 aliphatic carbocycles. The number of hydrogen-bond donors (Lipinski definition) is 0. The summed E-state index contributed by atoms with van der Waals surface area (Å²) in [5.74, 6) is -0.365. The average Bonchev–Trinajstić information content (AvgIpc) is 2.16. The molecule has 3 heteroatoms. The minimum absolute atomic E-state index is 0.101. The van der Waals surface area contributed by atoms with Crippen LogP contribution in [0.4, 0.5) is 0 Å². The van der Waals surface area contributed by atoms with Gasteiger partial charge in [-0.1, -0.05) is 0 Å². The molecule has 0 fully saturated rings. The summed E-state index contributed by atoms with van der Waals surface area (Å²) in [6, 6.07) is 6.30. The molecule has 68 valence electrons. The van der Waals surface area contributed by atoms with Gasteiger partial charge in [0.15, 0.2) is 0 Å². The Morgan fingerprint density at radius 1 is 0.846 bits per heavy atom. The lowest BCUT2D eigenvalue weighted by Crippen LogP contribution is -2.07. The zero-order chi connectivity index (χ0) is 10.3. The molecule has 0 amide bonds. The molecule has 13 heavy (non-hydrogen) atoms. The summed E-state index contributed by atoms with van der Waals surface area (Å²) >= 11 is 0. The molecule has 0 saturated heterocycles. The van der Waals surface area contributed by atoms with E-state index in [2.05, 4.69) is 18.2 Å². The second kappa shape index (κ2) is 6.04. The Morgan fingerprint density at radius 3 is 1.46 bits per heavy atom. The third kappa shape index (κ3) is 4.83. The van der Waals surface area contributed by atoms with Crippen LogP contribution in [0.15, 0.2) is 0 Å². The third-order valence-corrected chi connectivity index (χ3v) is 1.90. The molecule has 0 aromatic carbocycles. The van der Waals surface area contributed by atoms with Crippen molar-refractivity contribution in [3.05, 3.63) is 0 Å².